The summed E-state index contributed by atoms with van der Waals surface area (Å²) in [5.74, 6) is 0. The minimum absolute atomic E-state index is 0.145. The summed E-state index contributed by atoms with van der Waals surface area (Å²) in [5.41, 5.74) is 6.62. The van der Waals surface area contributed by atoms with E-state index in [1.54, 1.807) is 18.2 Å². The summed E-state index contributed by atoms with van der Waals surface area (Å²) in [6.45, 7) is 10.4. The van der Waals surface area contributed by atoms with E-state index in [4.69, 9.17) is 5.73 Å². The van der Waals surface area contributed by atoms with Crippen LogP contribution in [0.1, 0.15) is 39.3 Å². The first-order valence-corrected chi connectivity index (χ1v) is 8.88. The van der Waals surface area contributed by atoms with Gasteiger partial charge in [0.05, 0.1) is 4.90 Å². The third-order valence-corrected chi connectivity index (χ3v) is 5.06. The molecule has 21 heavy (non-hydrogen) atoms. The Labute approximate surface area is 128 Å². The standard InChI is InChI=1S/C15H27N3O2S/c1-5-18(6-2)11-12(3)17-21(19,20)15-9-7-8-14(10-15)13(4)16/h7-10,12-13,17H,5-6,11,16H2,1-4H3. The molecule has 0 aliphatic heterocycles. The van der Waals surface area contributed by atoms with Crippen molar-refractivity contribution in [2.75, 3.05) is 19.6 Å². The molecule has 1 aromatic rings. The second kappa shape index (κ2) is 7.89. The molecular weight excluding hydrogens is 286 g/mol. The molecule has 0 amide bonds. The Balaban J connectivity index is 2.84. The van der Waals surface area contributed by atoms with Gasteiger partial charge in [-0.1, -0.05) is 26.0 Å². The SMILES string of the molecule is CCN(CC)CC(C)NS(=O)(=O)c1cccc(C(C)N)c1. The van der Waals surface area contributed by atoms with Gasteiger partial charge in [0.25, 0.3) is 0 Å². The van der Waals surface area contributed by atoms with E-state index in [9.17, 15) is 8.42 Å². The van der Waals surface area contributed by atoms with Crippen LogP contribution in [0.25, 0.3) is 0 Å². The lowest BCUT2D eigenvalue weighted by Crippen LogP contribution is -2.41. The van der Waals surface area contributed by atoms with Crippen molar-refractivity contribution in [3.63, 3.8) is 0 Å². The van der Waals surface area contributed by atoms with Crippen molar-refractivity contribution in [3.8, 4) is 0 Å². The van der Waals surface area contributed by atoms with E-state index in [0.29, 0.717) is 6.54 Å². The maximum Gasteiger partial charge on any atom is 0.240 e. The van der Waals surface area contributed by atoms with Gasteiger partial charge in [-0.15, -0.1) is 0 Å². The van der Waals surface area contributed by atoms with Gasteiger partial charge in [-0.05, 0) is 44.6 Å². The number of hydrogen-bond donors (Lipinski definition) is 2. The van der Waals surface area contributed by atoms with E-state index in [-0.39, 0.29) is 17.0 Å². The van der Waals surface area contributed by atoms with E-state index in [1.165, 1.54) is 0 Å². The molecule has 0 bridgehead atoms. The summed E-state index contributed by atoms with van der Waals surface area (Å²) < 4.78 is 27.5. The molecule has 0 heterocycles. The van der Waals surface area contributed by atoms with Crippen LogP contribution >= 0.6 is 0 Å². The van der Waals surface area contributed by atoms with Gasteiger partial charge < -0.3 is 10.6 Å². The molecule has 0 saturated carbocycles. The van der Waals surface area contributed by atoms with Crippen LogP contribution in [0.4, 0.5) is 0 Å². The number of benzene rings is 1. The number of sulfonamides is 1. The molecule has 2 unspecified atom stereocenters. The van der Waals surface area contributed by atoms with Crippen molar-refractivity contribution >= 4 is 10.0 Å². The Morgan fingerprint density at radius 1 is 1.24 bits per heavy atom. The summed E-state index contributed by atoms with van der Waals surface area (Å²) >= 11 is 0. The van der Waals surface area contributed by atoms with Gasteiger partial charge in [-0.2, -0.15) is 0 Å². The molecule has 0 aromatic heterocycles. The number of likely N-dealkylation sites (N-methyl/N-ethyl adjacent to an activating group) is 1. The monoisotopic (exact) mass is 313 g/mol. The Hall–Kier alpha value is -0.950. The van der Waals surface area contributed by atoms with Crippen molar-refractivity contribution in [1.82, 2.24) is 9.62 Å². The van der Waals surface area contributed by atoms with Crippen LogP contribution in [0.3, 0.4) is 0 Å². The van der Waals surface area contributed by atoms with E-state index < -0.39 is 10.0 Å². The average molecular weight is 313 g/mol. The van der Waals surface area contributed by atoms with E-state index in [2.05, 4.69) is 23.5 Å². The zero-order chi connectivity index (χ0) is 16.0. The highest BCUT2D eigenvalue weighted by Gasteiger charge is 2.19. The van der Waals surface area contributed by atoms with E-state index >= 15 is 0 Å². The van der Waals surface area contributed by atoms with E-state index in [1.807, 2.05) is 19.9 Å². The molecule has 0 spiro atoms. The molecule has 5 nitrogen and oxygen atoms in total. The normalized spacial score (nSPS) is 15.1. The lowest BCUT2D eigenvalue weighted by Gasteiger charge is -2.23. The summed E-state index contributed by atoms with van der Waals surface area (Å²) in [6, 6.07) is 6.46. The first kappa shape index (κ1) is 18.1. The largest absolute Gasteiger partial charge is 0.324 e. The summed E-state index contributed by atoms with van der Waals surface area (Å²) in [5, 5.41) is 0. The number of nitrogens with zero attached hydrogens (tertiary/aromatic N) is 1. The third-order valence-electron chi connectivity index (χ3n) is 3.48. The molecule has 3 N–H and O–H groups in total. The average Bonchev–Trinajstić information content (AvgIpc) is 2.44. The van der Waals surface area contributed by atoms with Gasteiger partial charge in [-0.3, -0.25) is 0 Å². The first-order valence-electron chi connectivity index (χ1n) is 7.40. The van der Waals surface area contributed by atoms with Gasteiger partial charge in [0.2, 0.25) is 10.0 Å². The predicted molar refractivity (Wildman–Crippen MR) is 86.6 cm³/mol. The van der Waals surface area contributed by atoms with Crippen molar-refractivity contribution in [2.45, 2.75) is 44.7 Å². The molecular formula is C15H27N3O2S. The zero-order valence-corrected chi connectivity index (χ0v) is 14.2. The van der Waals surface area contributed by atoms with Crippen molar-refractivity contribution in [2.24, 2.45) is 5.73 Å². The molecule has 120 valence electrons. The second-order valence-electron chi connectivity index (χ2n) is 5.37. The van der Waals surface area contributed by atoms with Crippen LogP contribution < -0.4 is 10.5 Å². The molecule has 0 aliphatic carbocycles. The number of nitrogens with two attached hydrogens (primary N) is 1. The fourth-order valence-corrected chi connectivity index (χ4v) is 3.49. The lowest BCUT2D eigenvalue weighted by molar-refractivity contribution is 0.282. The first-order chi connectivity index (χ1) is 9.80. The third kappa shape index (κ3) is 5.39. The maximum absolute atomic E-state index is 12.4. The summed E-state index contributed by atoms with van der Waals surface area (Å²) in [4.78, 5) is 2.45. The van der Waals surface area contributed by atoms with Crippen LogP contribution in [0.2, 0.25) is 0 Å². The van der Waals surface area contributed by atoms with Crippen LogP contribution in [0.15, 0.2) is 29.2 Å². The zero-order valence-electron chi connectivity index (χ0n) is 13.3. The van der Waals surface area contributed by atoms with Crippen LogP contribution in [-0.4, -0.2) is 39.0 Å². The van der Waals surface area contributed by atoms with Crippen LogP contribution in [0, 0.1) is 0 Å². The molecule has 1 aromatic carbocycles. The van der Waals surface area contributed by atoms with E-state index in [0.717, 1.165) is 18.7 Å². The lowest BCUT2D eigenvalue weighted by atomic mass is 10.1. The Bertz CT molecular complexity index is 540. The second-order valence-corrected chi connectivity index (χ2v) is 7.08. The molecule has 6 heteroatoms. The Kier molecular flexibility index (Phi) is 6.80. The topological polar surface area (TPSA) is 75.4 Å². The number of hydrogen-bond acceptors (Lipinski definition) is 4. The maximum atomic E-state index is 12.4. The van der Waals surface area contributed by atoms with Gasteiger partial charge in [0.15, 0.2) is 0 Å². The number of rotatable bonds is 8. The fraction of sp³-hybridized carbons (Fsp3) is 0.600. The molecule has 2 atom stereocenters. The van der Waals surface area contributed by atoms with Gasteiger partial charge in [-0.25, -0.2) is 13.1 Å². The highest BCUT2D eigenvalue weighted by Crippen LogP contribution is 2.16. The summed E-state index contributed by atoms with van der Waals surface area (Å²) in [6.07, 6.45) is 0. The fourth-order valence-electron chi connectivity index (χ4n) is 2.20. The highest BCUT2D eigenvalue weighted by atomic mass is 32.2. The van der Waals surface area contributed by atoms with Crippen LogP contribution in [-0.2, 0) is 10.0 Å². The van der Waals surface area contributed by atoms with Crippen molar-refractivity contribution < 1.29 is 8.42 Å². The molecule has 0 saturated heterocycles. The minimum Gasteiger partial charge on any atom is -0.324 e. The quantitative estimate of drug-likeness (QED) is 0.766. The van der Waals surface area contributed by atoms with Crippen molar-refractivity contribution in [3.05, 3.63) is 29.8 Å². The number of nitrogens with one attached hydrogen (secondary N) is 1. The highest BCUT2D eigenvalue weighted by molar-refractivity contribution is 7.89. The minimum atomic E-state index is -3.51. The van der Waals surface area contributed by atoms with Gasteiger partial charge in [0.1, 0.15) is 0 Å². The van der Waals surface area contributed by atoms with Gasteiger partial charge >= 0.3 is 0 Å². The van der Waals surface area contributed by atoms with Crippen molar-refractivity contribution in [1.29, 1.82) is 0 Å². The van der Waals surface area contributed by atoms with Crippen LogP contribution in [0.5, 0.6) is 0 Å². The Morgan fingerprint density at radius 3 is 2.38 bits per heavy atom. The molecule has 0 fully saturated rings. The smallest absolute Gasteiger partial charge is 0.240 e. The molecule has 1 rings (SSSR count). The predicted octanol–water partition coefficient (Wildman–Crippen LogP) is 1.71. The van der Waals surface area contributed by atoms with Gasteiger partial charge in [0, 0.05) is 18.6 Å². The molecule has 0 radical (unpaired) electrons. The molecule has 0 aliphatic rings. The Morgan fingerprint density at radius 2 is 1.86 bits per heavy atom. The summed E-state index contributed by atoms with van der Waals surface area (Å²) in [7, 11) is -3.51.